The number of ether oxygens (including phenoxy) is 8. The molecular weight excluding hydrogens is 811 g/mol. The summed E-state index contributed by atoms with van der Waals surface area (Å²) in [6.45, 7) is 25.1. The van der Waals surface area contributed by atoms with Crippen molar-refractivity contribution in [2.75, 3.05) is 66.1 Å². The van der Waals surface area contributed by atoms with E-state index in [4.69, 9.17) is 49.4 Å². The number of rotatable bonds is 34. The highest BCUT2D eigenvalue weighted by Gasteiger charge is 2.28. The lowest BCUT2D eigenvalue weighted by atomic mass is 9.91. The van der Waals surface area contributed by atoms with E-state index in [2.05, 4.69) is 5.32 Å². The van der Waals surface area contributed by atoms with Gasteiger partial charge in [0.05, 0.1) is 103 Å². The van der Waals surface area contributed by atoms with Crippen LogP contribution in [0.15, 0.2) is 48.5 Å². The van der Waals surface area contributed by atoms with Crippen molar-refractivity contribution in [2.45, 2.75) is 155 Å². The Labute approximate surface area is 377 Å². The van der Waals surface area contributed by atoms with Gasteiger partial charge < -0.3 is 64.9 Å². The van der Waals surface area contributed by atoms with Gasteiger partial charge in [-0.3, -0.25) is 9.59 Å². The molecule has 7 N–H and O–H groups in total. The number of carbonyl (C=O) groups excluding carboxylic acids is 2. The minimum Gasteiger partial charge on any atom is -0.382 e. The molecule has 0 spiro atoms. The van der Waals surface area contributed by atoms with Gasteiger partial charge in [-0.1, -0.05) is 48.5 Å². The van der Waals surface area contributed by atoms with Gasteiger partial charge >= 0.3 is 0 Å². The van der Waals surface area contributed by atoms with E-state index >= 15 is 0 Å². The maximum absolute atomic E-state index is 12.7. The average molecular weight is 892 g/mol. The van der Waals surface area contributed by atoms with Gasteiger partial charge in [-0.2, -0.15) is 0 Å². The molecule has 0 bridgehead atoms. The van der Waals surface area contributed by atoms with Gasteiger partial charge in [0, 0.05) is 29.3 Å². The molecule has 0 aromatic heterocycles. The van der Waals surface area contributed by atoms with Crippen LogP contribution in [0.4, 0.5) is 0 Å². The highest BCUT2D eigenvalue weighted by Crippen LogP contribution is 2.26. The van der Waals surface area contributed by atoms with Gasteiger partial charge in [-0.25, -0.2) is 0 Å². The molecule has 15 heteroatoms. The quantitative estimate of drug-likeness (QED) is 0.0598. The Balaban J connectivity index is 1.93. The molecule has 360 valence electrons. The number of Topliss-reactive ketones (excluding diaryl/α,β-unsaturated/α-hetero) is 2. The summed E-state index contributed by atoms with van der Waals surface area (Å²) in [6, 6.07) is 13.6. The number of nitrogens with one attached hydrogen (secondary N) is 1. The number of hydrogen-bond donors (Lipinski definition) is 5. The second kappa shape index (κ2) is 28.3. The molecule has 0 aliphatic heterocycles. The molecule has 0 saturated carbocycles. The number of ketones is 2. The van der Waals surface area contributed by atoms with Gasteiger partial charge in [0.15, 0.2) is 11.6 Å². The van der Waals surface area contributed by atoms with Crippen LogP contribution in [0.1, 0.15) is 121 Å². The standard InChI is InChI=1S/C48H81N3O12/c1-31(49)21-58-36(6)26-61-34(4)24-56-29-43(63-28-38(8)59-22-32(2)50)30-57-25-35(5)62-27-37(7)60-23-33(3)51-44(39-13-17-41(18-14-39)45(52)47(9,10)54)40-15-19-42(20-16-40)46(53)48(11,12)55/h13-20,31-38,43-44,51,54-55H,21-30,49-50H2,1-12H3. The van der Waals surface area contributed by atoms with Crippen LogP contribution in [-0.4, -0.2) is 154 Å². The zero-order chi connectivity index (χ0) is 47.3. The van der Waals surface area contributed by atoms with E-state index in [-0.39, 0.29) is 72.4 Å². The zero-order valence-corrected chi connectivity index (χ0v) is 40.1. The summed E-state index contributed by atoms with van der Waals surface area (Å²) in [5.41, 5.74) is 11.2. The average Bonchev–Trinajstić information content (AvgIpc) is 3.22. The van der Waals surface area contributed by atoms with Crippen molar-refractivity contribution < 1.29 is 57.7 Å². The van der Waals surface area contributed by atoms with Crippen molar-refractivity contribution in [3.63, 3.8) is 0 Å². The number of benzene rings is 2. The first-order valence-electron chi connectivity index (χ1n) is 22.3. The Morgan fingerprint density at radius 2 is 0.810 bits per heavy atom. The molecule has 0 aliphatic rings. The predicted molar refractivity (Wildman–Crippen MR) is 244 cm³/mol. The van der Waals surface area contributed by atoms with Crippen LogP contribution in [0, 0.1) is 0 Å². The van der Waals surface area contributed by atoms with Gasteiger partial charge in [0.2, 0.25) is 0 Å². The van der Waals surface area contributed by atoms with Crippen LogP contribution in [0.25, 0.3) is 0 Å². The summed E-state index contributed by atoms with van der Waals surface area (Å²) in [5.74, 6) is -0.754. The summed E-state index contributed by atoms with van der Waals surface area (Å²) in [6.07, 6.45) is -1.17. The Morgan fingerprint density at radius 3 is 1.16 bits per heavy atom. The van der Waals surface area contributed by atoms with Gasteiger partial charge in [0.25, 0.3) is 0 Å². The molecule has 9 unspecified atom stereocenters. The molecule has 0 heterocycles. The Kier molecular flexibility index (Phi) is 25.4. The molecule has 9 atom stereocenters. The molecule has 63 heavy (non-hydrogen) atoms. The highest BCUT2D eigenvalue weighted by atomic mass is 16.6. The fourth-order valence-corrected chi connectivity index (χ4v) is 6.01. The molecule has 0 amide bonds. The van der Waals surface area contributed by atoms with Crippen LogP contribution < -0.4 is 16.8 Å². The molecular formula is C48H81N3O12. The zero-order valence-electron chi connectivity index (χ0n) is 40.1. The van der Waals surface area contributed by atoms with Crippen molar-refractivity contribution in [1.82, 2.24) is 5.32 Å². The predicted octanol–water partition coefficient (Wildman–Crippen LogP) is 4.80. The van der Waals surface area contributed by atoms with Crippen molar-refractivity contribution in [2.24, 2.45) is 11.5 Å². The summed E-state index contributed by atoms with van der Waals surface area (Å²) in [4.78, 5) is 25.4. The smallest absolute Gasteiger partial charge is 0.193 e. The summed E-state index contributed by atoms with van der Waals surface area (Å²) in [7, 11) is 0. The van der Waals surface area contributed by atoms with Crippen molar-refractivity contribution >= 4 is 11.6 Å². The van der Waals surface area contributed by atoms with E-state index in [1.54, 1.807) is 24.3 Å². The van der Waals surface area contributed by atoms with Crippen LogP contribution in [0.2, 0.25) is 0 Å². The van der Waals surface area contributed by atoms with E-state index in [0.29, 0.717) is 77.2 Å². The van der Waals surface area contributed by atoms with E-state index in [1.165, 1.54) is 27.7 Å². The van der Waals surface area contributed by atoms with E-state index in [9.17, 15) is 19.8 Å². The first kappa shape index (κ1) is 56.4. The van der Waals surface area contributed by atoms with Crippen LogP contribution in [-0.2, 0) is 37.9 Å². The highest BCUT2D eigenvalue weighted by molar-refractivity contribution is 6.02. The Hall–Kier alpha value is -2.74. The van der Waals surface area contributed by atoms with Gasteiger partial charge in [0.1, 0.15) is 17.3 Å². The number of hydrogen-bond acceptors (Lipinski definition) is 15. The van der Waals surface area contributed by atoms with Gasteiger partial charge in [-0.15, -0.1) is 0 Å². The summed E-state index contributed by atoms with van der Waals surface area (Å²) < 4.78 is 47.8. The third kappa shape index (κ3) is 23.3. The van der Waals surface area contributed by atoms with E-state index in [1.807, 2.05) is 79.7 Å². The number of carbonyl (C=O) groups is 2. The molecule has 2 aromatic carbocycles. The minimum atomic E-state index is -1.50. The first-order chi connectivity index (χ1) is 29.5. The minimum absolute atomic E-state index is 0.0332. The lowest BCUT2D eigenvalue weighted by molar-refractivity contribution is -0.115. The fraction of sp³-hybridized carbons (Fsp3) is 0.708. The maximum atomic E-state index is 12.7. The van der Waals surface area contributed by atoms with E-state index in [0.717, 1.165) is 11.1 Å². The molecule has 0 saturated heterocycles. The normalized spacial score (nSPS) is 16.8. The third-order valence-corrected chi connectivity index (χ3v) is 9.60. The monoisotopic (exact) mass is 892 g/mol. The van der Waals surface area contributed by atoms with Crippen molar-refractivity contribution in [3.05, 3.63) is 70.8 Å². The Morgan fingerprint density at radius 1 is 0.492 bits per heavy atom. The molecule has 15 nitrogen and oxygen atoms in total. The SMILES string of the molecule is CC(N)COC(C)COC(C)COCC(COCC(C)OCC(C)OCC(C)NC(c1ccc(C(=O)C(C)(C)O)cc1)c1ccc(C(=O)C(C)(C)O)cc1)OCC(C)OCC(C)N. The van der Waals surface area contributed by atoms with Crippen molar-refractivity contribution in [1.29, 1.82) is 0 Å². The maximum Gasteiger partial charge on any atom is 0.193 e. The van der Waals surface area contributed by atoms with Crippen LogP contribution in [0.3, 0.4) is 0 Å². The molecule has 0 aliphatic carbocycles. The third-order valence-electron chi connectivity index (χ3n) is 9.60. The summed E-state index contributed by atoms with van der Waals surface area (Å²) in [5, 5.41) is 24.1. The Bertz CT molecular complexity index is 1490. The number of aliphatic hydroxyl groups is 2. The first-order valence-corrected chi connectivity index (χ1v) is 22.3. The number of nitrogens with two attached hydrogens (primary N) is 2. The second-order valence-corrected chi connectivity index (χ2v) is 18.2. The van der Waals surface area contributed by atoms with Crippen molar-refractivity contribution in [3.8, 4) is 0 Å². The van der Waals surface area contributed by atoms with Gasteiger partial charge in [-0.05, 0) is 94.2 Å². The summed E-state index contributed by atoms with van der Waals surface area (Å²) >= 11 is 0. The second-order valence-electron chi connectivity index (χ2n) is 18.2. The molecule has 0 radical (unpaired) electrons. The lowest BCUT2D eigenvalue weighted by Gasteiger charge is -2.26. The van der Waals surface area contributed by atoms with Crippen LogP contribution >= 0.6 is 0 Å². The van der Waals surface area contributed by atoms with Crippen LogP contribution in [0.5, 0.6) is 0 Å². The fourth-order valence-electron chi connectivity index (χ4n) is 6.01. The molecule has 2 aromatic rings. The molecule has 2 rings (SSSR count). The molecule has 0 fully saturated rings. The van der Waals surface area contributed by atoms with E-state index < -0.39 is 11.2 Å². The largest absolute Gasteiger partial charge is 0.382 e. The lowest BCUT2D eigenvalue weighted by Crippen LogP contribution is -2.36. The topological polar surface area (TPSA) is 213 Å².